The molecular weight excluding hydrogens is 234 g/mol. The molecule has 0 saturated carbocycles. The fourth-order valence-corrected chi connectivity index (χ4v) is 1.25. The van der Waals surface area contributed by atoms with Gasteiger partial charge in [-0.25, -0.2) is 14.8 Å². The summed E-state index contributed by atoms with van der Waals surface area (Å²) in [7, 11) is 0. The van der Waals surface area contributed by atoms with Crippen molar-refractivity contribution in [2.45, 2.75) is 0 Å². The highest BCUT2D eigenvalue weighted by molar-refractivity contribution is 5.88. The van der Waals surface area contributed by atoms with Crippen LogP contribution < -0.4 is 4.74 Å². The molecule has 0 aromatic carbocycles. The van der Waals surface area contributed by atoms with Crippen LogP contribution in [0.4, 0.5) is 0 Å². The van der Waals surface area contributed by atoms with Crippen LogP contribution in [0.1, 0.15) is 16.1 Å². The van der Waals surface area contributed by atoms with Crippen LogP contribution in [0.15, 0.2) is 36.7 Å². The fraction of sp³-hybridized carbons (Fsp3) is 0. The van der Waals surface area contributed by atoms with E-state index in [1.807, 2.05) is 6.07 Å². The van der Waals surface area contributed by atoms with Gasteiger partial charge in [-0.05, 0) is 18.2 Å². The molecule has 2 aromatic rings. The molecule has 0 aliphatic heterocycles. The maximum Gasteiger partial charge on any atom is 0.358 e. The maximum absolute atomic E-state index is 10.9. The lowest BCUT2D eigenvalue weighted by atomic mass is 10.3. The van der Waals surface area contributed by atoms with Crippen LogP contribution >= 0.6 is 0 Å². The summed E-state index contributed by atoms with van der Waals surface area (Å²) in [5.41, 5.74) is 0.204. The van der Waals surface area contributed by atoms with Gasteiger partial charge in [-0.3, -0.25) is 0 Å². The number of nitrogens with zero attached hydrogens (tertiary/aromatic N) is 3. The molecule has 88 valence electrons. The summed E-state index contributed by atoms with van der Waals surface area (Å²) >= 11 is 0. The summed E-state index contributed by atoms with van der Waals surface area (Å²) < 4.78 is 5.31. The van der Waals surface area contributed by atoms with Gasteiger partial charge in [0, 0.05) is 18.5 Å². The molecule has 1 N–H and O–H groups in total. The van der Waals surface area contributed by atoms with E-state index >= 15 is 0 Å². The Balaban J connectivity index is 2.28. The molecule has 2 rings (SSSR count). The first kappa shape index (κ1) is 11.5. The van der Waals surface area contributed by atoms with E-state index in [-0.39, 0.29) is 17.3 Å². The van der Waals surface area contributed by atoms with Crippen LogP contribution in [0.5, 0.6) is 11.6 Å². The third-order valence-corrected chi connectivity index (χ3v) is 2.05. The Hall–Kier alpha value is -2.94. The molecule has 6 nitrogen and oxygen atoms in total. The van der Waals surface area contributed by atoms with E-state index in [0.717, 1.165) is 0 Å². The van der Waals surface area contributed by atoms with Gasteiger partial charge in [-0.15, -0.1) is 0 Å². The quantitative estimate of drug-likeness (QED) is 0.880. The Bertz CT molecular complexity index is 617. The van der Waals surface area contributed by atoms with Gasteiger partial charge in [-0.1, -0.05) is 0 Å². The standard InChI is InChI=1S/C12H7N3O3/c13-6-8-3-4-10(15-7-8)18-9-2-1-5-14-11(9)12(16)17/h1-5,7H,(H,16,17). The number of aromatic nitrogens is 2. The van der Waals surface area contributed by atoms with Crippen molar-refractivity contribution in [2.24, 2.45) is 0 Å². The molecule has 0 aliphatic carbocycles. The molecule has 0 radical (unpaired) electrons. The smallest absolute Gasteiger partial charge is 0.358 e. The lowest BCUT2D eigenvalue weighted by molar-refractivity contribution is 0.0687. The van der Waals surface area contributed by atoms with Crippen LogP contribution in [0.25, 0.3) is 0 Å². The van der Waals surface area contributed by atoms with Crippen molar-refractivity contribution in [3.8, 4) is 17.7 Å². The third-order valence-electron chi connectivity index (χ3n) is 2.05. The fourth-order valence-electron chi connectivity index (χ4n) is 1.25. The summed E-state index contributed by atoms with van der Waals surface area (Å²) in [5.74, 6) is -0.883. The van der Waals surface area contributed by atoms with Crippen molar-refractivity contribution >= 4 is 5.97 Å². The topological polar surface area (TPSA) is 96.1 Å². The number of carbonyl (C=O) groups is 1. The second-order valence-corrected chi connectivity index (χ2v) is 3.25. The van der Waals surface area contributed by atoms with Crippen molar-refractivity contribution < 1.29 is 14.6 Å². The highest BCUT2D eigenvalue weighted by atomic mass is 16.5. The second kappa shape index (κ2) is 4.93. The lowest BCUT2D eigenvalue weighted by Gasteiger charge is -2.06. The number of nitriles is 1. The summed E-state index contributed by atoms with van der Waals surface area (Å²) in [6.07, 6.45) is 2.70. The van der Waals surface area contributed by atoms with Crippen LogP contribution in [-0.2, 0) is 0 Å². The number of pyridine rings is 2. The van der Waals surface area contributed by atoms with Crippen molar-refractivity contribution in [1.82, 2.24) is 9.97 Å². The number of ether oxygens (including phenoxy) is 1. The number of carboxylic acid groups (broad SMARTS) is 1. The molecule has 0 bridgehead atoms. The van der Waals surface area contributed by atoms with Gasteiger partial charge in [0.15, 0.2) is 11.4 Å². The van der Waals surface area contributed by atoms with Crippen LogP contribution in [0.2, 0.25) is 0 Å². The van der Waals surface area contributed by atoms with Gasteiger partial charge in [0.2, 0.25) is 5.88 Å². The molecule has 18 heavy (non-hydrogen) atoms. The zero-order valence-corrected chi connectivity index (χ0v) is 9.07. The zero-order chi connectivity index (χ0) is 13.0. The van der Waals surface area contributed by atoms with Gasteiger partial charge in [0.05, 0.1) is 5.56 Å². The van der Waals surface area contributed by atoms with Gasteiger partial charge >= 0.3 is 5.97 Å². The second-order valence-electron chi connectivity index (χ2n) is 3.25. The maximum atomic E-state index is 10.9. The van der Waals surface area contributed by atoms with Crippen molar-refractivity contribution in [1.29, 1.82) is 5.26 Å². The number of hydrogen-bond acceptors (Lipinski definition) is 5. The van der Waals surface area contributed by atoms with E-state index in [1.165, 1.54) is 30.6 Å². The van der Waals surface area contributed by atoms with E-state index in [0.29, 0.717) is 5.56 Å². The molecule has 0 aliphatic rings. The van der Waals surface area contributed by atoms with Crippen molar-refractivity contribution in [3.63, 3.8) is 0 Å². The summed E-state index contributed by atoms with van der Waals surface area (Å²) in [6, 6.07) is 7.98. The number of rotatable bonds is 3. The van der Waals surface area contributed by atoms with Gasteiger partial charge < -0.3 is 9.84 Å². The van der Waals surface area contributed by atoms with Crippen molar-refractivity contribution in [3.05, 3.63) is 47.9 Å². The van der Waals surface area contributed by atoms with Gasteiger partial charge in [0.1, 0.15) is 6.07 Å². The minimum atomic E-state index is -1.18. The Labute approximate surface area is 102 Å². The average molecular weight is 241 g/mol. The minimum absolute atomic E-state index is 0.0993. The molecule has 0 saturated heterocycles. The Morgan fingerprint density at radius 2 is 2.17 bits per heavy atom. The third kappa shape index (κ3) is 2.41. The normalized spacial score (nSPS) is 9.50. The monoisotopic (exact) mass is 241 g/mol. The number of carboxylic acids is 1. The highest BCUT2D eigenvalue weighted by Crippen LogP contribution is 2.22. The van der Waals surface area contributed by atoms with E-state index in [1.54, 1.807) is 6.07 Å². The Kier molecular flexibility index (Phi) is 3.16. The summed E-state index contributed by atoms with van der Waals surface area (Å²) in [5, 5.41) is 17.5. The summed E-state index contributed by atoms with van der Waals surface area (Å²) in [6.45, 7) is 0. The molecule has 0 atom stereocenters. The first-order chi connectivity index (χ1) is 8.70. The van der Waals surface area contributed by atoms with Gasteiger partial charge in [-0.2, -0.15) is 5.26 Å². The number of hydrogen-bond donors (Lipinski definition) is 1. The largest absolute Gasteiger partial charge is 0.476 e. The molecule has 0 amide bonds. The van der Waals surface area contributed by atoms with E-state index in [4.69, 9.17) is 15.1 Å². The zero-order valence-electron chi connectivity index (χ0n) is 9.07. The predicted octanol–water partition coefficient (Wildman–Crippen LogP) is 1.84. The minimum Gasteiger partial charge on any atom is -0.476 e. The number of aromatic carboxylic acids is 1. The molecule has 2 aromatic heterocycles. The average Bonchev–Trinajstić information content (AvgIpc) is 2.40. The molecule has 0 unspecified atom stereocenters. The summed E-state index contributed by atoms with van der Waals surface area (Å²) in [4.78, 5) is 18.5. The van der Waals surface area contributed by atoms with Crippen molar-refractivity contribution in [2.75, 3.05) is 0 Å². The predicted molar refractivity (Wildman–Crippen MR) is 60.2 cm³/mol. The Morgan fingerprint density at radius 3 is 2.78 bits per heavy atom. The highest BCUT2D eigenvalue weighted by Gasteiger charge is 2.13. The molecular formula is C12H7N3O3. The molecule has 6 heteroatoms. The van der Waals surface area contributed by atoms with E-state index in [9.17, 15) is 4.79 Å². The Morgan fingerprint density at radius 1 is 1.33 bits per heavy atom. The first-order valence-electron chi connectivity index (χ1n) is 4.93. The van der Waals surface area contributed by atoms with E-state index < -0.39 is 5.97 Å². The van der Waals surface area contributed by atoms with Crippen LogP contribution in [0.3, 0.4) is 0 Å². The van der Waals surface area contributed by atoms with Gasteiger partial charge in [0.25, 0.3) is 0 Å². The first-order valence-corrected chi connectivity index (χ1v) is 4.93. The SMILES string of the molecule is N#Cc1ccc(Oc2cccnc2C(=O)O)nc1. The van der Waals surface area contributed by atoms with Crippen LogP contribution in [-0.4, -0.2) is 21.0 Å². The molecule has 0 fully saturated rings. The molecule has 2 heterocycles. The molecule has 0 spiro atoms. The van der Waals surface area contributed by atoms with Crippen LogP contribution in [0, 0.1) is 11.3 Å². The lowest BCUT2D eigenvalue weighted by Crippen LogP contribution is -2.03. The van der Waals surface area contributed by atoms with E-state index in [2.05, 4.69) is 9.97 Å².